The summed E-state index contributed by atoms with van der Waals surface area (Å²) in [7, 11) is -4.06. The molecule has 0 radical (unpaired) electrons. The molecule has 318 valence electrons. The van der Waals surface area contributed by atoms with Crippen molar-refractivity contribution in [2.75, 3.05) is 28.2 Å². The van der Waals surface area contributed by atoms with Crippen LogP contribution in [-0.4, -0.2) is 65.5 Å². The Labute approximate surface area is 371 Å². The zero-order valence-electron chi connectivity index (χ0n) is 36.4. The third-order valence-corrected chi connectivity index (χ3v) is 11.2. The SMILES string of the molecule is Cc1cc(N(CCC#N)CCC#N)ccc1N=C1C(C(C)(C)C)=Nn2nc(-c3cc(NOB=S)cc(NS(=O)(=O)c4cc(C(C)(C)CC(C)(C)C)ccc4C)c3)nc21.OB=S. The number of aromatic nitrogens is 3. The van der Waals surface area contributed by atoms with Gasteiger partial charge in [-0.05, 0) is 24.5 Å². The van der Waals surface area contributed by atoms with E-state index < -0.39 is 15.4 Å². The number of aryl methyl sites for hydroxylation is 2. The standard InChI is InChI=1S/C42H51BN10O3S2.BHOS/c1-27-13-14-30(42(9,10)26-40(3,4)5)24-35(27)58(54,55)51-32-23-29(22-31(25-32)50-56-43-57)38-47-39-36(37(41(6,7)8)48-53(39)49-38)46-34-16-15-33(21-28(34)2)52(19-11-17-44)20-12-18-45;2-1-3/h13-16,21-25,50-51H,11-12,19-20,26H2,1-10H3;2H. The second kappa shape index (κ2) is 20.0. The molecule has 0 fully saturated rings. The molecule has 3 aromatic carbocycles. The fourth-order valence-corrected chi connectivity index (χ4v) is 8.60. The van der Waals surface area contributed by atoms with Gasteiger partial charge in [-0.15, -0.1) is 0 Å². The first-order valence-corrected chi connectivity index (χ1v) is 22.0. The molecule has 0 saturated carbocycles. The van der Waals surface area contributed by atoms with Gasteiger partial charge < -0.3 is 4.90 Å². The van der Waals surface area contributed by atoms with E-state index in [1.165, 1.54) is 4.79 Å². The van der Waals surface area contributed by atoms with Crippen LogP contribution >= 0.6 is 24.1 Å². The molecule has 0 spiro atoms. The summed E-state index contributed by atoms with van der Waals surface area (Å²) in [6, 6.07) is 20.8. The van der Waals surface area contributed by atoms with Crippen molar-refractivity contribution in [3.05, 3.63) is 77.1 Å². The maximum atomic E-state index is 14.1. The summed E-state index contributed by atoms with van der Waals surface area (Å²) in [6.45, 7) is 21.7. The van der Waals surface area contributed by atoms with Gasteiger partial charge in [-0.25, -0.2) is 0 Å². The maximum absolute atomic E-state index is 14.1. The number of sulfonamides is 1. The van der Waals surface area contributed by atoms with E-state index in [0.717, 1.165) is 29.6 Å². The Bertz CT molecular complexity index is 2510. The molecule has 1 aromatic heterocycles. The molecule has 1 aliphatic heterocycles. The molecule has 0 saturated heterocycles. The van der Waals surface area contributed by atoms with Crippen molar-refractivity contribution in [2.24, 2.45) is 20.9 Å². The summed E-state index contributed by atoms with van der Waals surface area (Å²) in [6.07, 6.45) is 3.19. The first-order valence-electron chi connectivity index (χ1n) is 19.6. The van der Waals surface area contributed by atoms with Crippen LogP contribution < -0.4 is 15.1 Å². The molecule has 2 heterocycles. The fourth-order valence-electron chi connectivity index (χ4n) is 7.24. The minimum absolute atomic E-state index is 0.0412. The van der Waals surface area contributed by atoms with Crippen molar-refractivity contribution < 1.29 is 18.2 Å². The van der Waals surface area contributed by atoms with Gasteiger partial charge in [-0.1, -0.05) is 20.8 Å². The van der Waals surface area contributed by atoms with Gasteiger partial charge in [0.15, 0.2) is 0 Å². The molecule has 0 unspecified atom stereocenters. The summed E-state index contributed by atoms with van der Waals surface area (Å²) in [5, 5.41) is 35.2. The van der Waals surface area contributed by atoms with Gasteiger partial charge in [-0.3, -0.25) is 0 Å². The van der Waals surface area contributed by atoms with E-state index in [2.05, 4.69) is 69.0 Å². The third kappa shape index (κ3) is 12.6. The molecule has 0 amide bonds. The van der Waals surface area contributed by atoms with E-state index in [1.54, 1.807) is 31.2 Å². The van der Waals surface area contributed by atoms with Gasteiger partial charge in [0.2, 0.25) is 0 Å². The van der Waals surface area contributed by atoms with Crippen molar-refractivity contribution in [2.45, 2.75) is 98.8 Å². The number of nitrogens with one attached hydrogen (secondary N) is 2. The summed E-state index contributed by atoms with van der Waals surface area (Å²) in [4.78, 5) is 13.7. The quantitative estimate of drug-likeness (QED) is 0.0760. The van der Waals surface area contributed by atoms with E-state index in [1.807, 2.05) is 62.9 Å². The molecular formula is C42H52B2N10O4S3. The van der Waals surface area contributed by atoms with Crippen LogP contribution in [0, 0.1) is 47.3 Å². The van der Waals surface area contributed by atoms with E-state index in [4.69, 9.17) is 42.0 Å². The monoisotopic (exact) mass is 878 g/mol. The number of benzene rings is 3. The molecular weight excluding hydrogens is 826 g/mol. The van der Waals surface area contributed by atoms with Crippen molar-refractivity contribution in [1.82, 2.24) is 14.9 Å². The number of nitrogens with zero attached hydrogens (tertiary/aromatic N) is 8. The number of hydrogen-bond donors (Lipinski definition) is 3. The predicted molar refractivity (Wildman–Crippen MR) is 250 cm³/mol. The number of aliphatic imine (C=N–C) groups is 1. The van der Waals surface area contributed by atoms with Crippen molar-refractivity contribution in [1.29, 1.82) is 10.5 Å². The van der Waals surface area contributed by atoms with Crippen LogP contribution in [0.2, 0.25) is 0 Å². The molecule has 61 heavy (non-hydrogen) atoms. The van der Waals surface area contributed by atoms with Crippen LogP contribution in [-0.2, 0) is 20.2 Å². The number of nitriles is 2. The fraction of sp³-hybridized carbons (Fsp3) is 0.429. The van der Waals surface area contributed by atoms with Gasteiger partial charge >= 0.3 is 269 Å². The topological polar surface area (TPSA) is 194 Å². The Hall–Kier alpha value is -5.36. The van der Waals surface area contributed by atoms with Gasteiger partial charge in [0.05, 0.1) is 25.0 Å². The van der Waals surface area contributed by atoms with E-state index in [0.29, 0.717) is 72.0 Å². The predicted octanol–water partition coefficient (Wildman–Crippen LogP) is 8.88. The Balaban J connectivity index is 0.00000265. The Morgan fingerprint density at radius 1 is 0.918 bits per heavy atom. The molecule has 0 aliphatic carbocycles. The normalized spacial score (nSPS) is 13.0. The molecule has 5 rings (SSSR count). The van der Waals surface area contributed by atoms with Gasteiger partial charge in [0.1, 0.15) is 0 Å². The summed E-state index contributed by atoms with van der Waals surface area (Å²) >= 11 is 8.69. The van der Waals surface area contributed by atoms with E-state index in [-0.39, 0.29) is 27.2 Å². The molecule has 0 bridgehead atoms. The molecule has 3 N–H and O–H groups in total. The summed E-state index contributed by atoms with van der Waals surface area (Å²) < 4.78 is 36.2. The van der Waals surface area contributed by atoms with Crippen LogP contribution in [0.15, 0.2) is 69.6 Å². The Morgan fingerprint density at radius 2 is 1.56 bits per heavy atom. The Kier molecular flexibility index (Phi) is 15.8. The number of fused-ring (bicyclic) bond motifs is 1. The summed E-state index contributed by atoms with van der Waals surface area (Å²) in [5.74, 6) is 0.708. The summed E-state index contributed by atoms with van der Waals surface area (Å²) in [5.41, 5.74) is 8.55. The molecule has 4 aromatic rings. The first-order chi connectivity index (χ1) is 28.6. The van der Waals surface area contributed by atoms with Crippen LogP contribution in [0.25, 0.3) is 11.4 Å². The second-order valence-electron chi connectivity index (χ2n) is 17.5. The molecule has 19 heteroatoms. The van der Waals surface area contributed by atoms with E-state index in [9.17, 15) is 18.9 Å². The average Bonchev–Trinajstić information content (AvgIpc) is 3.73. The van der Waals surface area contributed by atoms with Crippen LogP contribution in [0.1, 0.15) is 97.2 Å². The van der Waals surface area contributed by atoms with Crippen LogP contribution in [0.4, 0.5) is 22.7 Å². The van der Waals surface area contributed by atoms with E-state index >= 15 is 0 Å². The van der Waals surface area contributed by atoms with Crippen molar-refractivity contribution in [3.8, 4) is 23.5 Å². The van der Waals surface area contributed by atoms with Gasteiger partial charge in [0.25, 0.3) is 0 Å². The second-order valence-corrected chi connectivity index (χ2v) is 19.6. The van der Waals surface area contributed by atoms with Crippen molar-refractivity contribution in [3.63, 3.8) is 0 Å². The number of hydrogen-bond acceptors (Lipinski definition) is 13. The average molecular weight is 879 g/mol. The van der Waals surface area contributed by atoms with Crippen molar-refractivity contribution >= 4 is 81.0 Å². The van der Waals surface area contributed by atoms with Crippen LogP contribution in [0.3, 0.4) is 0 Å². The van der Waals surface area contributed by atoms with Gasteiger partial charge in [-0.2, -0.15) is 10.5 Å². The molecule has 14 nitrogen and oxygen atoms in total. The third-order valence-electron chi connectivity index (χ3n) is 9.60. The van der Waals surface area contributed by atoms with Gasteiger partial charge in [0, 0.05) is 18.8 Å². The number of rotatable bonds is 15. The zero-order chi connectivity index (χ0) is 45.3. The Morgan fingerprint density at radius 3 is 2.13 bits per heavy atom. The molecule has 0 atom stereocenters. The van der Waals surface area contributed by atoms with Crippen LogP contribution in [0.5, 0.6) is 0 Å². The zero-order valence-corrected chi connectivity index (χ0v) is 38.8. The molecule has 1 aliphatic rings. The number of anilines is 3. The first kappa shape index (κ1) is 48.3. The minimum atomic E-state index is -4.06.